The van der Waals surface area contributed by atoms with Crippen LogP contribution in [-0.4, -0.2) is 50.5 Å². The van der Waals surface area contributed by atoms with Crippen LogP contribution >= 0.6 is 0 Å². The van der Waals surface area contributed by atoms with Crippen molar-refractivity contribution in [2.75, 3.05) is 30.7 Å². The van der Waals surface area contributed by atoms with Crippen LogP contribution in [0.1, 0.15) is 36.9 Å². The van der Waals surface area contributed by atoms with Gasteiger partial charge in [0.2, 0.25) is 16.6 Å². The van der Waals surface area contributed by atoms with Gasteiger partial charge in [0.1, 0.15) is 17.2 Å². The quantitative estimate of drug-likeness (QED) is 0.525. The second-order valence-electron chi connectivity index (χ2n) is 9.11. The molecule has 0 bridgehead atoms. The first-order valence-electron chi connectivity index (χ1n) is 11.1. The largest absolute Gasteiger partial charge is 0.455 e. The molecular formula is C24H27FN3O4S+. The summed E-state index contributed by atoms with van der Waals surface area (Å²) in [5.41, 5.74) is 3.39. The number of anilines is 1. The number of furan rings is 1. The fourth-order valence-corrected chi connectivity index (χ4v) is 6.27. The molecule has 1 saturated heterocycles. The van der Waals surface area contributed by atoms with Gasteiger partial charge < -0.3 is 4.42 Å². The molecule has 2 atom stereocenters. The highest BCUT2D eigenvalue weighted by atomic mass is 32.2. The zero-order chi connectivity index (χ0) is 23.5. The monoisotopic (exact) mass is 472 g/mol. The molecule has 1 fully saturated rings. The van der Waals surface area contributed by atoms with Crippen LogP contribution < -0.4 is 4.31 Å². The Bertz CT molecular complexity index is 1350. The lowest BCUT2D eigenvalue weighted by molar-refractivity contribution is -0.534. The van der Waals surface area contributed by atoms with Crippen molar-refractivity contribution in [3.05, 3.63) is 58.2 Å². The number of halogens is 1. The molecule has 9 heteroatoms. The number of sulfonamides is 1. The fourth-order valence-electron chi connectivity index (χ4n) is 5.31. The van der Waals surface area contributed by atoms with E-state index in [-0.39, 0.29) is 24.4 Å². The third kappa shape index (κ3) is 3.83. The molecule has 0 aliphatic carbocycles. The first-order valence-corrected chi connectivity index (χ1v) is 13.0. The molecule has 2 aliphatic heterocycles. The molecule has 0 N–H and O–H groups in total. The summed E-state index contributed by atoms with van der Waals surface area (Å²) in [5, 5.41) is 0.772. The van der Waals surface area contributed by atoms with Gasteiger partial charge in [0.05, 0.1) is 17.5 Å². The molecule has 3 heterocycles. The van der Waals surface area contributed by atoms with E-state index in [4.69, 9.17) is 4.42 Å². The highest BCUT2D eigenvalue weighted by molar-refractivity contribution is 7.92. The minimum Gasteiger partial charge on any atom is -0.455 e. The predicted molar refractivity (Wildman–Crippen MR) is 125 cm³/mol. The van der Waals surface area contributed by atoms with Crippen molar-refractivity contribution in [3.63, 3.8) is 0 Å². The predicted octanol–water partition coefficient (Wildman–Crippen LogP) is 4.45. The Hall–Kier alpha value is -2.78. The minimum atomic E-state index is -3.51. The number of rotatable bonds is 4. The molecule has 7 nitrogen and oxygen atoms in total. The minimum absolute atomic E-state index is 0.0191. The van der Waals surface area contributed by atoms with Crippen LogP contribution in [0.4, 0.5) is 10.1 Å². The van der Waals surface area contributed by atoms with Crippen molar-refractivity contribution in [2.24, 2.45) is 0 Å². The normalized spacial score (nSPS) is 21.2. The van der Waals surface area contributed by atoms with Crippen LogP contribution in [-0.2, 0) is 16.6 Å². The third-order valence-corrected chi connectivity index (χ3v) is 7.99. The molecule has 174 valence electrons. The third-order valence-electron chi connectivity index (χ3n) is 6.84. The second kappa shape index (κ2) is 7.92. The SMILES string of the molecule is CC1c2cc3c(C[N+](C)=O)c(-c4ccc(F)cc4)oc3cc2N(S(C)(=O)=O)CC2CCCN21. The highest BCUT2D eigenvalue weighted by Gasteiger charge is 2.39. The maximum absolute atomic E-state index is 13.5. The molecule has 33 heavy (non-hydrogen) atoms. The van der Waals surface area contributed by atoms with E-state index in [1.807, 2.05) is 6.07 Å². The van der Waals surface area contributed by atoms with Gasteiger partial charge >= 0.3 is 0 Å². The first-order chi connectivity index (χ1) is 15.6. The van der Waals surface area contributed by atoms with Crippen molar-refractivity contribution < 1.29 is 22.0 Å². The van der Waals surface area contributed by atoms with E-state index >= 15 is 0 Å². The lowest BCUT2D eigenvalue weighted by atomic mass is 9.99. The molecule has 3 aromatic rings. The Morgan fingerprint density at radius 3 is 2.61 bits per heavy atom. The molecule has 2 unspecified atom stereocenters. The smallest absolute Gasteiger partial charge is 0.232 e. The summed E-state index contributed by atoms with van der Waals surface area (Å²) in [6.45, 7) is 3.52. The maximum atomic E-state index is 13.5. The van der Waals surface area contributed by atoms with Crippen LogP contribution in [0.5, 0.6) is 0 Å². The highest BCUT2D eigenvalue weighted by Crippen LogP contribution is 2.44. The maximum Gasteiger partial charge on any atom is 0.232 e. The van der Waals surface area contributed by atoms with Gasteiger partial charge in [-0.2, -0.15) is 0 Å². The number of nitroso groups, excluding NO2 is 1. The van der Waals surface area contributed by atoms with Crippen LogP contribution in [0.25, 0.3) is 22.3 Å². The van der Waals surface area contributed by atoms with E-state index in [1.54, 1.807) is 18.2 Å². The van der Waals surface area contributed by atoms with Crippen molar-refractivity contribution >= 4 is 26.7 Å². The molecule has 2 aromatic carbocycles. The summed E-state index contributed by atoms with van der Waals surface area (Å²) >= 11 is 0. The summed E-state index contributed by atoms with van der Waals surface area (Å²) in [6, 6.07) is 9.88. The number of fused-ring (bicyclic) bond motifs is 3. The first kappa shape index (κ1) is 22.0. The van der Waals surface area contributed by atoms with Crippen molar-refractivity contribution in [3.8, 4) is 11.3 Å². The Balaban J connectivity index is 1.77. The van der Waals surface area contributed by atoms with Gasteiger partial charge in [-0.3, -0.25) is 9.21 Å². The zero-order valence-corrected chi connectivity index (χ0v) is 19.7. The van der Waals surface area contributed by atoms with E-state index in [2.05, 4.69) is 11.8 Å². The molecule has 1 aromatic heterocycles. The van der Waals surface area contributed by atoms with Crippen molar-refractivity contribution in [1.29, 1.82) is 0 Å². The van der Waals surface area contributed by atoms with E-state index < -0.39 is 10.0 Å². The molecule has 0 amide bonds. The van der Waals surface area contributed by atoms with E-state index in [9.17, 15) is 17.7 Å². The van der Waals surface area contributed by atoms with E-state index in [0.29, 0.717) is 34.7 Å². The zero-order valence-electron chi connectivity index (χ0n) is 18.9. The Morgan fingerprint density at radius 1 is 1.21 bits per heavy atom. The number of hydrogen-bond acceptors (Lipinski definition) is 5. The molecule has 0 radical (unpaired) electrons. The summed E-state index contributed by atoms with van der Waals surface area (Å²) in [6.07, 6.45) is 3.23. The number of nitrogens with zero attached hydrogens (tertiary/aromatic N) is 3. The standard InChI is InChI=1S/C24H27FN3O4S/c1-15-19-11-20-21(14-26(2)29)24(16-6-8-17(25)9-7-16)32-23(20)12-22(19)28(33(3,30)31)13-18-5-4-10-27(15)18/h6-9,11-12,15,18H,4-5,10,13-14H2,1-3H3/q+1. The lowest BCUT2D eigenvalue weighted by Crippen LogP contribution is -2.40. The average molecular weight is 473 g/mol. The van der Waals surface area contributed by atoms with Gasteiger partial charge in [-0.15, -0.1) is 0 Å². The van der Waals surface area contributed by atoms with Crippen LogP contribution in [0.2, 0.25) is 0 Å². The summed E-state index contributed by atoms with van der Waals surface area (Å²) < 4.78 is 47.6. The molecule has 0 saturated carbocycles. The summed E-state index contributed by atoms with van der Waals surface area (Å²) in [7, 11) is -2.06. The molecule has 2 aliphatic rings. The number of benzene rings is 2. The van der Waals surface area contributed by atoms with Gasteiger partial charge in [0, 0.05) is 40.6 Å². The van der Waals surface area contributed by atoms with Gasteiger partial charge in [0.15, 0.2) is 7.05 Å². The average Bonchev–Trinajstić information content (AvgIpc) is 3.32. The van der Waals surface area contributed by atoms with Gasteiger partial charge in [-0.25, -0.2) is 12.8 Å². The van der Waals surface area contributed by atoms with Gasteiger partial charge in [-0.1, -0.05) is 0 Å². The van der Waals surface area contributed by atoms with Crippen LogP contribution in [0, 0.1) is 10.7 Å². The second-order valence-corrected chi connectivity index (χ2v) is 11.0. The van der Waals surface area contributed by atoms with E-state index in [1.165, 1.54) is 29.7 Å². The lowest BCUT2D eigenvalue weighted by Gasteiger charge is -2.28. The van der Waals surface area contributed by atoms with E-state index in [0.717, 1.165) is 35.1 Å². The van der Waals surface area contributed by atoms with Crippen molar-refractivity contribution in [1.82, 2.24) is 4.90 Å². The van der Waals surface area contributed by atoms with Crippen LogP contribution in [0.15, 0.2) is 40.8 Å². The van der Waals surface area contributed by atoms with Crippen LogP contribution in [0.3, 0.4) is 0 Å². The van der Waals surface area contributed by atoms with Crippen molar-refractivity contribution in [2.45, 2.75) is 38.4 Å². The van der Waals surface area contributed by atoms with Gasteiger partial charge in [-0.05, 0) is 67.0 Å². The summed E-state index contributed by atoms with van der Waals surface area (Å²) in [4.78, 5) is 14.4. The van der Waals surface area contributed by atoms with Gasteiger partial charge in [0.25, 0.3) is 0 Å². The molecular weight excluding hydrogens is 445 g/mol. The molecule has 0 spiro atoms. The summed E-state index contributed by atoms with van der Waals surface area (Å²) in [5.74, 6) is 0.132. The topological polar surface area (TPSA) is 73.8 Å². The fraction of sp³-hybridized carbons (Fsp3) is 0.417. The Morgan fingerprint density at radius 2 is 1.94 bits per heavy atom. The molecule has 5 rings (SSSR count). The number of hydrogen-bond donors (Lipinski definition) is 0. The Labute approximate surface area is 192 Å². The Kier molecular flexibility index (Phi) is 5.29.